The minimum atomic E-state index is 0.805. The average molecular weight is 301 g/mol. The van der Waals surface area contributed by atoms with E-state index in [2.05, 4.69) is 63.9 Å². The standard InChI is InChI=1S/C15H15N3S2/c1-11-5-2-3-6-12(11)9-14-16-15(18-17-14)20-10-13-7-4-8-19-13/h2-8H,9-10H2,1H3,(H,16,17,18). The number of aromatic nitrogens is 3. The minimum absolute atomic E-state index is 0.805. The second kappa shape index (κ2) is 6.24. The van der Waals surface area contributed by atoms with Crippen molar-refractivity contribution in [1.29, 1.82) is 0 Å². The van der Waals surface area contributed by atoms with Gasteiger partial charge >= 0.3 is 0 Å². The summed E-state index contributed by atoms with van der Waals surface area (Å²) in [5, 5.41) is 10.2. The van der Waals surface area contributed by atoms with Crippen LogP contribution >= 0.6 is 23.1 Å². The van der Waals surface area contributed by atoms with E-state index in [1.54, 1.807) is 23.1 Å². The number of rotatable bonds is 5. The predicted molar refractivity (Wildman–Crippen MR) is 84.2 cm³/mol. The highest BCUT2D eigenvalue weighted by molar-refractivity contribution is 7.98. The van der Waals surface area contributed by atoms with Crippen LogP contribution in [-0.2, 0) is 12.2 Å². The Morgan fingerprint density at radius 1 is 1.20 bits per heavy atom. The maximum absolute atomic E-state index is 4.55. The van der Waals surface area contributed by atoms with Gasteiger partial charge in [-0.15, -0.1) is 16.4 Å². The van der Waals surface area contributed by atoms with Gasteiger partial charge in [0, 0.05) is 17.1 Å². The van der Waals surface area contributed by atoms with E-state index in [-0.39, 0.29) is 0 Å². The summed E-state index contributed by atoms with van der Waals surface area (Å²) in [6.45, 7) is 2.12. The molecule has 0 fully saturated rings. The predicted octanol–water partition coefficient (Wildman–Crippen LogP) is 4.06. The summed E-state index contributed by atoms with van der Waals surface area (Å²) in [4.78, 5) is 5.89. The van der Waals surface area contributed by atoms with Gasteiger partial charge in [-0.1, -0.05) is 42.1 Å². The maximum atomic E-state index is 4.55. The zero-order chi connectivity index (χ0) is 13.8. The SMILES string of the molecule is Cc1ccccc1Cc1nc(SCc2cccs2)n[nH]1. The molecule has 0 bridgehead atoms. The Balaban J connectivity index is 1.63. The maximum Gasteiger partial charge on any atom is 0.208 e. The van der Waals surface area contributed by atoms with Gasteiger partial charge in [-0.25, -0.2) is 4.98 Å². The van der Waals surface area contributed by atoms with Crippen molar-refractivity contribution < 1.29 is 0 Å². The number of nitrogens with zero attached hydrogens (tertiary/aromatic N) is 2. The third-order valence-electron chi connectivity index (χ3n) is 3.05. The molecule has 0 atom stereocenters. The second-order valence-electron chi connectivity index (χ2n) is 4.54. The summed E-state index contributed by atoms with van der Waals surface area (Å²) in [5.41, 5.74) is 2.58. The van der Waals surface area contributed by atoms with E-state index in [0.717, 1.165) is 23.2 Å². The number of aryl methyl sites for hydroxylation is 1. The van der Waals surface area contributed by atoms with Crippen LogP contribution in [-0.4, -0.2) is 15.2 Å². The molecule has 0 amide bonds. The van der Waals surface area contributed by atoms with Crippen LogP contribution in [0, 0.1) is 6.92 Å². The minimum Gasteiger partial charge on any atom is -0.262 e. The number of thiophene rings is 1. The number of thioether (sulfide) groups is 1. The van der Waals surface area contributed by atoms with Crippen molar-refractivity contribution in [2.24, 2.45) is 0 Å². The molecular weight excluding hydrogens is 286 g/mol. The van der Waals surface area contributed by atoms with E-state index >= 15 is 0 Å². The van der Waals surface area contributed by atoms with Crippen LogP contribution in [0.2, 0.25) is 0 Å². The molecule has 0 aliphatic carbocycles. The van der Waals surface area contributed by atoms with Crippen LogP contribution in [0.5, 0.6) is 0 Å². The van der Waals surface area contributed by atoms with E-state index in [4.69, 9.17) is 0 Å². The normalized spacial score (nSPS) is 10.8. The number of H-pyrrole nitrogens is 1. The van der Waals surface area contributed by atoms with Crippen molar-refractivity contribution >= 4 is 23.1 Å². The number of nitrogens with one attached hydrogen (secondary N) is 1. The van der Waals surface area contributed by atoms with Gasteiger partial charge in [-0.3, -0.25) is 5.10 Å². The van der Waals surface area contributed by atoms with Gasteiger partial charge in [-0.2, -0.15) is 0 Å². The quantitative estimate of drug-likeness (QED) is 0.723. The Labute approximate surface area is 126 Å². The molecule has 0 unspecified atom stereocenters. The fourth-order valence-electron chi connectivity index (χ4n) is 1.94. The Hall–Kier alpha value is -1.59. The van der Waals surface area contributed by atoms with Gasteiger partial charge in [0.25, 0.3) is 0 Å². The van der Waals surface area contributed by atoms with Crippen molar-refractivity contribution in [3.05, 3.63) is 63.6 Å². The first-order valence-corrected chi connectivity index (χ1v) is 8.29. The number of hydrogen-bond donors (Lipinski definition) is 1. The Morgan fingerprint density at radius 2 is 2.10 bits per heavy atom. The van der Waals surface area contributed by atoms with Gasteiger partial charge < -0.3 is 0 Å². The van der Waals surface area contributed by atoms with E-state index in [9.17, 15) is 0 Å². The molecule has 0 saturated heterocycles. The molecule has 2 heterocycles. The lowest BCUT2D eigenvalue weighted by Crippen LogP contribution is -1.93. The summed E-state index contributed by atoms with van der Waals surface area (Å²) in [7, 11) is 0. The third kappa shape index (κ3) is 3.29. The highest BCUT2D eigenvalue weighted by Gasteiger charge is 2.06. The van der Waals surface area contributed by atoms with Gasteiger partial charge in [0.2, 0.25) is 5.16 Å². The molecule has 0 radical (unpaired) electrons. The van der Waals surface area contributed by atoms with Crippen molar-refractivity contribution in [3.63, 3.8) is 0 Å². The van der Waals surface area contributed by atoms with E-state index in [0.29, 0.717) is 0 Å². The molecule has 0 spiro atoms. The fourth-order valence-corrected chi connectivity index (χ4v) is 3.53. The highest BCUT2D eigenvalue weighted by Crippen LogP contribution is 2.22. The largest absolute Gasteiger partial charge is 0.262 e. The van der Waals surface area contributed by atoms with Crippen molar-refractivity contribution in [3.8, 4) is 0 Å². The first-order valence-electron chi connectivity index (χ1n) is 6.42. The lowest BCUT2D eigenvalue weighted by molar-refractivity contribution is 0.953. The lowest BCUT2D eigenvalue weighted by Gasteiger charge is -2.01. The first-order chi connectivity index (χ1) is 9.81. The molecule has 1 aromatic carbocycles. The summed E-state index contributed by atoms with van der Waals surface area (Å²) < 4.78 is 0. The van der Waals surface area contributed by atoms with E-state index in [1.807, 2.05) is 0 Å². The van der Waals surface area contributed by atoms with Crippen molar-refractivity contribution in [2.45, 2.75) is 24.3 Å². The lowest BCUT2D eigenvalue weighted by atomic mass is 10.1. The van der Waals surface area contributed by atoms with Gasteiger partial charge in [0.1, 0.15) is 5.82 Å². The number of benzene rings is 1. The monoisotopic (exact) mass is 301 g/mol. The van der Waals surface area contributed by atoms with E-state index in [1.165, 1.54) is 16.0 Å². The van der Waals surface area contributed by atoms with Crippen LogP contribution in [0.3, 0.4) is 0 Å². The van der Waals surface area contributed by atoms with Crippen molar-refractivity contribution in [1.82, 2.24) is 15.2 Å². The average Bonchev–Trinajstić information content (AvgIpc) is 3.10. The molecule has 102 valence electrons. The molecule has 0 aliphatic heterocycles. The molecule has 0 aliphatic rings. The summed E-state index contributed by atoms with van der Waals surface area (Å²) >= 11 is 3.44. The molecule has 2 aromatic heterocycles. The van der Waals surface area contributed by atoms with E-state index < -0.39 is 0 Å². The second-order valence-corrected chi connectivity index (χ2v) is 6.51. The highest BCUT2D eigenvalue weighted by atomic mass is 32.2. The number of aromatic amines is 1. The zero-order valence-corrected chi connectivity index (χ0v) is 12.8. The molecule has 3 rings (SSSR count). The fraction of sp³-hybridized carbons (Fsp3) is 0.200. The molecule has 3 aromatic rings. The van der Waals surface area contributed by atoms with Crippen LogP contribution < -0.4 is 0 Å². The van der Waals surface area contributed by atoms with Gasteiger partial charge in [0.05, 0.1) is 0 Å². The molecule has 1 N–H and O–H groups in total. The van der Waals surface area contributed by atoms with Gasteiger partial charge in [-0.05, 0) is 29.5 Å². The summed E-state index contributed by atoms with van der Waals surface area (Å²) in [5.74, 6) is 1.85. The molecular formula is C15H15N3S2. The topological polar surface area (TPSA) is 41.6 Å². The Bertz CT molecular complexity index is 674. The Morgan fingerprint density at radius 3 is 2.90 bits per heavy atom. The van der Waals surface area contributed by atoms with Crippen LogP contribution in [0.25, 0.3) is 0 Å². The van der Waals surface area contributed by atoms with Crippen LogP contribution in [0.15, 0.2) is 46.9 Å². The van der Waals surface area contributed by atoms with Crippen LogP contribution in [0.4, 0.5) is 0 Å². The summed E-state index contributed by atoms with van der Waals surface area (Å²) in [6, 6.07) is 12.6. The molecule has 5 heteroatoms. The van der Waals surface area contributed by atoms with Crippen molar-refractivity contribution in [2.75, 3.05) is 0 Å². The Kier molecular flexibility index (Phi) is 4.18. The smallest absolute Gasteiger partial charge is 0.208 e. The van der Waals surface area contributed by atoms with Gasteiger partial charge in [0.15, 0.2) is 0 Å². The molecule has 20 heavy (non-hydrogen) atoms. The zero-order valence-electron chi connectivity index (χ0n) is 11.2. The molecule has 3 nitrogen and oxygen atoms in total. The molecule has 0 saturated carbocycles. The first kappa shape index (κ1) is 13.4. The number of hydrogen-bond acceptors (Lipinski definition) is 4. The summed E-state index contributed by atoms with van der Waals surface area (Å²) in [6.07, 6.45) is 0.805. The third-order valence-corrected chi connectivity index (χ3v) is 5.01. The van der Waals surface area contributed by atoms with Crippen LogP contribution in [0.1, 0.15) is 21.8 Å².